The van der Waals surface area contributed by atoms with Gasteiger partial charge in [-0.05, 0) is 17.7 Å². The van der Waals surface area contributed by atoms with Crippen molar-refractivity contribution in [3.8, 4) is 0 Å². The van der Waals surface area contributed by atoms with Gasteiger partial charge in [-0.1, -0.05) is 55.3 Å². The number of carbonyl (C=O) groups is 1. The van der Waals surface area contributed by atoms with Gasteiger partial charge >= 0.3 is 0 Å². The first-order valence-electron chi connectivity index (χ1n) is 5.69. The molecule has 0 amide bonds. The van der Waals surface area contributed by atoms with Crippen LogP contribution in [0.15, 0.2) is 30.3 Å². The standard InChI is InChI=1S/C14H14Cl2O2/c1-14(2)11(13(14)18-8-17)7-12(16)9-3-5-10(15)6-4-9/h3-8,11,13H,1-2H3. The SMILES string of the molecule is CC1(C)C(C=C(Cl)c2ccc(Cl)cc2)C1OC=O. The highest BCUT2D eigenvalue weighted by Gasteiger charge is 2.59. The van der Waals surface area contributed by atoms with Gasteiger partial charge in [-0.3, -0.25) is 4.79 Å². The van der Waals surface area contributed by atoms with E-state index in [-0.39, 0.29) is 17.4 Å². The molecule has 2 rings (SSSR count). The lowest BCUT2D eigenvalue weighted by Gasteiger charge is -2.00. The van der Waals surface area contributed by atoms with Gasteiger partial charge in [-0.2, -0.15) is 0 Å². The van der Waals surface area contributed by atoms with Crippen molar-refractivity contribution in [2.24, 2.45) is 11.3 Å². The summed E-state index contributed by atoms with van der Waals surface area (Å²) in [6, 6.07) is 7.33. The normalized spacial score (nSPS) is 25.7. The van der Waals surface area contributed by atoms with Crippen LogP contribution in [0.5, 0.6) is 0 Å². The molecule has 0 heterocycles. The third-order valence-corrected chi connectivity index (χ3v) is 4.05. The Labute approximate surface area is 117 Å². The highest BCUT2D eigenvalue weighted by atomic mass is 35.5. The van der Waals surface area contributed by atoms with Crippen LogP contribution in [0.2, 0.25) is 5.02 Å². The fourth-order valence-electron chi connectivity index (χ4n) is 2.11. The van der Waals surface area contributed by atoms with Gasteiger partial charge < -0.3 is 4.74 Å². The molecular weight excluding hydrogens is 271 g/mol. The second-order valence-corrected chi connectivity index (χ2v) is 5.87. The van der Waals surface area contributed by atoms with Gasteiger partial charge in [0.1, 0.15) is 6.10 Å². The molecule has 0 aliphatic heterocycles. The number of ether oxygens (including phenoxy) is 1. The summed E-state index contributed by atoms with van der Waals surface area (Å²) in [5, 5.41) is 1.33. The van der Waals surface area contributed by atoms with Crippen molar-refractivity contribution in [2.75, 3.05) is 0 Å². The van der Waals surface area contributed by atoms with Crippen molar-refractivity contribution >= 4 is 34.7 Å². The van der Waals surface area contributed by atoms with E-state index >= 15 is 0 Å². The lowest BCUT2D eigenvalue weighted by molar-refractivity contribution is -0.130. The fourth-order valence-corrected chi connectivity index (χ4v) is 2.50. The number of hydrogen-bond acceptors (Lipinski definition) is 2. The van der Waals surface area contributed by atoms with Gasteiger partial charge in [0.15, 0.2) is 0 Å². The quantitative estimate of drug-likeness (QED) is 0.778. The third kappa shape index (κ3) is 2.55. The average Bonchev–Trinajstić information content (AvgIpc) is 2.82. The van der Waals surface area contributed by atoms with Crippen LogP contribution in [-0.2, 0) is 9.53 Å². The molecule has 96 valence electrons. The zero-order valence-corrected chi connectivity index (χ0v) is 11.7. The van der Waals surface area contributed by atoms with E-state index < -0.39 is 0 Å². The molecule has 0 saturated heterocycles. The Morgan fingerprint density at radius 1 is 1.33 bits per heavy atom. The molecule has 2 nitrogen and oxygen atoms in total. The zero-order valence-electron chi connectivity index (χ0n) is 10.2. The molecule has 18 heavy (non-hydrogen) atoms. The van der Waals surface area contributed by atoms with Crippen LogP contribution in [0.3, 0.4) is 0 Å². The maximum absolute atomic E-state index is 10.4. The lowest BCUT2D eigenvalue weighted by atomic mass is 10.1. The Kier molecular flexibility index (Phi) is 3.69. The molecule has 1 aliphatic carbocycles. The van der Waals surface area contributed by atoms with Gasteiger partial charge in [0, 0.05) is 21.4 Å². The van der Waals surface area contributed by atoms with Crippen molar-refractivity contribution in [1.29, 1.82) is 0 Å². The molecule has 0 spiro atoms. The Morgan fingerprint density at radius 3 is 2.50 bits per heavy atom. The maximum Gasteiger partial charge on any atom is 0.293 e. The second-order valence-electron chi connectivity index (χ2n) is 5.02. The molecule has 1 aromatic rings. The number of rotatable bonds is 4. The first-order chi connectivity index (χ1) is 8.46. The second kappa shape index (κ2) is 4.94. The van der Waals surface area contributed by atoms with Gasteiger partial charge in [0.2, 0.25) is 0 Å². The topological polar surface area (TPSA) is 26.3 Å². The van der Waals surface area contributed by atoms with Crippen molar-refractivity contribution in [3.63, 3.8) is 0 Å². The Bertz CT molecular complexity index is 477. The molecule has 0 N–H and O–H groups in total. The van der Waals surface area contributed by atoms with E-state index in [1.807, 2.05) is 32.1 Å². The van der Waals surface area contributed by atoms with Crippen molar-refractivity contribution < 1.29 is 9.53 Å². The molecule has 2 atom stereocenters. The maximum atomic E-state index is 10.4. The summed E-state index contributed by atoms with van der Waals surface area (Å²) < 4.78 is 5.03. The predicted molar refractivity (Wildman–Crippen MR) is 73.5 cm³/mol. The summed E-state index contributed by atoms with van der Waals surface area (Å²) >= 11 is 12.1. The Hall–Kier alpha value is -0.990. The van der Waals surface area contributed by atoms with Crippen LogP contribution < -0.4 is 0 Å². The number of benzene rings is 1. The summed E-state index contributed by atoms with van der Waals surface area (Å²) in [6.07, 6.45) is 1.86. The van der Waals surface area contributed by atoms with Crippen LogP contribution in [-0.4, -0.2) is 12.6 Å². The van der Waals surface area contributed by atoms with E-state index in [4.69, 9.17) is 27.9 Å². The largest absolute Gasteiger partial charge is 0.463 e. The molecule has 0 bridgehead atoms. The molecule has 1 fully saturated rings. The summed E-state index contributed by atoms with van der Waals surface area (Å²) in [5.74, 6) is 0.158. The minimum atomic E-state index is -0.0870. The molecule has 4 heteroatoms. The molecule has 1 saturated carbocycles. The fraction of sp³-hybridized carbons (Fsp3) is 0.357. The van der Waals surface area contributed by atoms with E-state index in [1.54, 1.807) is 12.1 Å². The van der Waals surface area contributed by atoms with E-state index in [0.29, 0.717) is 16.5 Å². The highest BCUT2D eigenvalue weighted by molar-refractivity contribution is 6.48. The van der Waals surface area contributed by atoms with Crippen LogP contribution in [0.4, 0.5) is 0 Å². The Balaban J connectivity index is 2.14. The summed E-state index contributed by atoms with van der Waals surface area (Å²) in [7, 11) is 0. The van der Waals surface area contributed by atoms with Crippen molar-refractivity contribution in [3.05, 3.63) is 40.9 Å². The molecule has 1 aliphatic rings. The first-order valence-corrected chi connectivity index (χ1v) is 6.45. The average molecular weight is 285 g/mol. The zero-order chi connectivity index (χ0) is 13.3. The molecule has 0 aromatic heterocycles. The van der Waals surface area contributed by atoms with Gasteiger partial charge in [0.25, 0.3) is 6.47 Å². The van der Waals surface area contributed by atoms with Crippen molar-refractivity contribution in [1.82, 2.24) is 0 Å². The third-order valence-electron chi connectivity index (χ3n) is 3.46. The highest BCUT2D eigenvalue weighted by Crippen LogP contribution is 2.55. The lowest BCUT2D eigenvalue weighted by Crippen LogP contribution is -1.98. The van der Waals surface area contributed by atoms with Gasteiger partial charge in [0.05, 0.1) is 0 Å². The number of halogens is 2. The van der Waals surface area contributed by atoms with E-state index in [9.17, 15) is 4.79 Å². The molecule has 2 unspecified atom stereocenters. The molecular formula is C14H14Cl2O2. The Morgan fingerprint density at radius 2 is 1.94 bits per heavy atom. The van der Waals surface area contributed by atoms with E-state index in [0.717, 1.165) is 5.56 Å². The van der Waals surface area contributed by atoms with Gasteiger partial charge in [-0.25, -0.2) is 0 Å². The summed E-state index contributed by atoms with van der Waals surface area (Å²) in [5.41, 5.74) is 0.863. The minimum Gasteiger partial charge on any atom is -0.463 e. The molecule has 1 aromatic carbocycles. The molecule has 0 radical (unpaired) electrons. The van der Waals surface area contributed by atoms with Crippen molar-refractivity contribution in [2.45, 2.75) is 20.0 Å². The smallest absolute Gasteiger partial charge is 0.293 e. The van der Waals surface area contributed by atoms with Crippen LogP contribution in [0, 0.1) is 11.3 Å². The number of hydrogen-bond donors (Lipinski definition) is 0. The predicted octanol–water partition coefficient (Wildman–Crippen LogP) is 4.12. The van der Waals surface area contributed by atoms with Crippen LogP contribution in [0.1, 0.15) is 19.4 Å². The van der Waals surface area contributed by atoms with Gasteiger partial charge in [-0.15, -0.1) is 0 Å². The minimum absolute atomic E-state index is 0.0481. The van der Waals surface area contributed by atoms with E-state index in [1.165, 1.54) is 0 Å². The summed E-state index contributed by atoms with van der Waals surface area (Å²) in [4.78, 5) is 10.4. The first kappa shape index (κ1) is 13.4. The van der Waals surface area contributed by atoms with Crippen LogP contribution >= 0.6 is 23.2 Å². The van der Waals surface area contributed by atoms with Crippen LogP contribution in [0.25, 0.3) is 5.03 Å². The van der Waals surface area contributed by atoms with E-state index in [2.05, 4.69) is 0 Å². The number of carbonyl (C=O) groups excluding carboxylic acids is 1. The monoisotopic (exact) mass is 284 g/mol. The summed E-state index contributed by atoms with van der Waals surface area (Å²) in [6.45, 7) is 4.60.